The van der Waals surface area contributed by atoms with Gasteiger partial charge < -0.3 is 10.2 Å². The molecule has 2 nitrogen and oxygen atoms in total. The summed E-state index contributed by atoms with van der Waals surface area (Å²) >= 11 is 4.70. The Labute approximate surface area is 62.2 Å². The molecule has 0 aliphatic rings. The van der Waals surface area contributed by atoms with Gasteiger partial charge in [0, 0.05) is 13.6 Å². The quantitative estimate of drug-likeness (QED) is 0.449. The van der Waals surface area contributed by atoms with Crippen LogP contribution in [0.4, 0.5) is 0 Å². The highest BCUT2D eigenvalue weighted by Gasteiger charge is 1.87. The maximum atomic E-state index is 4.70. The van der Waals surface area contributed by atoms with Gasteiger partial charge >= 0.3 is 0 Å². The Morgan fingerprint density at radius 2 is 2.33 bits per heavy atom. The molecule has 0 aromatic heterocycles. The van der Waals surface area contributed by atoms with E-state index in [0.717, 1.165) is 19.5 Å². The maximum Gasteiger partial charge on any atom is 0.0638 e. The Hall–Kier alpha value is -0.150. The molecule has 0 aromatic rings. The Bertz CT molecular complexity index is 75.5. The first kappa shape index (κ1) is 8.85. The van der Waals surface area contributed by atoms with E-state index in [1.54, 1.807) is 5.49 Å². The Morgan fingerprint density at radius 3 is 2.78 bits per heavy atom. The summed E-state index contributed by atoms with van der Waals surface area (Å²) in [7, 11) is 3.94. The van der Waals surface area contributed by atoms with Gasteiger partial charge in [-0.3, -0.25) is 0 Å². The van der Waals surface area contributed by atoms with Gasteiger partial charge in [0.25, 0.3) is 0 Å². The van der Waals surface area contributed by atoms with Gasteiger partial charge in [-0.25, -0.2) is 0 Å². The van der Waals surface area contributed by atoms with E-state index in [2.05, 4.69) is 5.32 Å². The largest absolute Gasteiger partial charge is 0.372 e. The van der Waals surface area contributed by atoms with E-state index >= 15 is 0 Å². The molecule has 0 aliphatic heterocycles. The molecule has 9 heavy (non-hydrogen) atoms. The third kappa shape index (κ3) is 5.73. The number of nitrogens with one attached hydrogen (secondary N) is 1. The fourth-order valence-corrected chi connectivity index (χ4v) is 0.663. The van der Waals surface area contributed by atoms with Crippen molar-refractivity contribution in [1.29, 1.82) is 0 Å². The minimum absolute atomic E-state index is 1.05. The van der Waals surface area contributed by atoms with E-state index < -0.39 is 0 Å². The molecule has 0 fully saturated rings. The molecule has 0 heterocycles. The normalized spacial score (nSPS) is 9.11. The molecule has 3 heteroatoms. The smallest absolute Gasteiger partial charge is 0.0638 e. The fraction of sp³-hybridized carbons (Fsp3) is 0.833. The Balaban J connectivity index is 2.96. The predicted octanol–water partition coefficient (Wildman–Crippen LogP) is 0.485. The maximum absolute atomic E-state index is 4.70. The van der Waals surface area contributed by atoms with Crippen LogP contribution in [0.1, 0.15) is 6.42 Å². The van der Waals surface area contributed by atoms with Gasteiger partial charge in [-0.1, -0.05) is 12.2 Å². The summed E-state index contributed by atoms with van der Waals surface area (Å²) in [6.45, 7) is 2.11. The number of hydrogen-bond donors (Lipinski definition) is 1. The van der Waals surface area contributed by atoms with Crippen molar-refractivity contribution in [2.75, 3.05) is 27.2 Å². The van der Waals surface area contributed by atoms with Crippen LogP contribution in [0.25, 0.3) is 0 Å². The molecule has 1 N–H and O–H groups in total. The van der Waals surface area contributed by atoms with Crippen LogP contribution in [-0.4, -0.2) is 37.6 Å². The van der Waals surface area contributed by atoms with E-state index in [4.69, 9.17) is 12.2 Å². The first-order valence-corrected chi connectivity index (χ1v) is 3.58. The molecule has 0 aliphatic carbocycles. The minimum atomic E-state index is 1.05. The van der Waals surface area contributed by atoms with Crippen molar-refractivity contribution in [3.05, 3.63) is 0 Å². The van der Waals surface area contributed by atoms with E-state index in [1.807, 2.05) is 19.0 Å². The minimum Gasteiger partial charge on any atom is -0.372 e. The van der Waals surface area contributed by atoms with Crippen molar-refractivity contribution in [1.82, 2.24) is 10.2 Å². The standard InChI is InChI=1S/C6H14N2S/c1-7-4-3-5-8(2)6-9/h6-7H,3-5H2,1-2H3. The molecule has 0 saturated heterocycles. The predicted molar refractivity (Wildman–Crippen MR) is 44.8 cm³/mol. The fourth-order valence-electron chi connectivity index (χ4n) is 0.558. The van der Waals surface area contributed by atoms with Gasteiger partial charge in [0.2, 0.25) is 0 Å². The average Bonchev–Trinajstić information content (AvgIpc) is 1.89. The van der Waals surface area contributed by atoms with Crippen molar-refractivity contribution in [2.24, 2.45) is 0 Å². The molecule has 0 atom stereocenters. The zero-order chi connectivity index (χ0) is 7.11. The van der Waals surface area contributed by atoms with Gasteiger partial charge in [0.15, 0.2) is 0 Å². The summed E-state index contributed by atoms with van der Waals surface area (Å²) in [5.41, 5.74) is 1.68. The highest BCUT2D eigenvalue weighted by molar-refractivity contribution is 7.78. The topological polar surface area (TPSA) is 15.3 Å². The number of rotatable bonds is 5. The molecule has 0 saturated carbocycles. The molecular weight excluding hydrogens is 132 g/mol. The zero-order valence-electron chi connectivity index (χ0n) is 6.05. The van der Waals surface area contributed by atoms with Crippen molar-refractivity contribution in [2.45, 2.75) is 6.42 Å². The first-order valence-electron chi connectivity index (χ1n) is 3.11. The SMILES string of the molecule is CNCCCN(C)C=S. The third-order valence-corrected chi connectivity index (χ3v) is 1.48. The second-order valence-electron chi connectivity index (χ2n) is 2.04. The molecule has 0 radical (unpaired) electrons. The lowest BCUT2D eigenvalue weighted by Crippen LogP contribution is -2.20. The van der Waals surface area contributed by atoms with Crippen molar-refractivity contribution >= 4 is 17.7 Å². The van der Waals surface area contributed by atoms with Crippen LogP contribution < -0.4 is 5.32 Å². The number of thiocarbonyl (C=S) groups is 1. The lowest BCUT2D eigenvalue weighted by molar-refractivity contribution is 0.500. The van der Waals surface area contributed by atoms with Gasteiger partial charge in [0.1, 0.15) is 0 Å². The van der Waals surface area contributed by atoms with Crippen LogP contribution in [0.15, 0.2) is 0 Å². The lowest BCUT2D eigenvalue weighted by atomic mass is 10.4. The van der Waals surface area contributed by atoms with Gasteiger partial charge in [-0.2, -0.15) is 0 Å². The zero-order valence-corrected chi connectivity index (χ0v) is 6.87. The summed E-state index contributed by atoms with van der Waals surface area (Å²) in [6, 6.07) is 0. The van der Waals surface area contributed by atoms with E-state index in [-0.39, 0.29) is 0 Å². The highest BCUT2D eigenvalue weighted by Crippen LogP contribution is 1.80. The Kier molecular flexibility index (Phi) is 5.88. The van der Waals surface area contributed by atoms with E-state index in [9.17, 15) is 0 Å². The molecule has 0 unspecified atom stereocenters. The average molecular weight is 146 g/mol. The van der Waals surface area contributed by atoms with Crippen molar-refractivity contribution in [3.8, 4) is 0 Å². The lowest BCUT2D eigenvalue weighted by Gasteiger charge is -2.10. The number of hydrogen-bond acceptors (Lipinski definition) is 2. The van der Waals surface area contributed by atoms with Gasteiger partial charge in [-0.15, -0.1) is 0 Å². The van der Waals surface area contributed by atoms with Crippen molar-refractivity contribution < 1.29 is 0 Å². The molecule has 0 rings (SSSR count). The van der Waals surface area contributed by atoms with Crippen LogP contribution in [0.5, 0.6) is 0 Å². The number of nitrogens with zero attached hydrogens (tertiary/aromatic N) is 1. The van der Waals surface area contributed by atoms with Crippen LogP contribution in [-0.2, 0) is 0 Å². The molecule has 0 spiro atoms. The van der Waals surface area contributed by atoms with E-state index in [0.29, 0.717) is 0 Å². The summed E-state index contributed by atoms with van der Waals surface area (Å²) in [5.74, 6) is 0. The van der Waals surface area contributed by atoms with E-state index in [1.165, 1.54) is 0 Å². The van der Waals surface area contributed by atoms with Crippen LogP contribution >= 0.6 is 12.2 Å². The van der Waals surface area contributed by atoms with Crippen LogP contribution in [0, 0.1) is 0 Å². The van der Waals surface area contributed by atoms with Crippen LogP contribution in [0.2, 0.25) is 0 Å². The van der Waals surface area contributed by atoms with Gasteiger partial charge in [0.05, 0.1) is 5.49 Å². The Morgan fingerprint density at radius 1 is 1.67 bits per heavy atom. The summed E-state index contributed by atoms with van der Waals surface area (Å²) in [4.78, 5) is 2.01. The highest BCUT2D eigenvalue weighted by atomic mass is 32.1. The monoisotopic (exact) mass is 146 g/mol. The summed E-state index contributed by atoms with van der Waals surface area (Å²) in [5, 5.41) is 3.07. The van der Waals surface area contributed by atoms with Crippen LogP contribution in [0.3, 0.4) is 0 Å². The second-order valence-corrected chi connectivity index (χ2v) is 2.25. The molecule has 0 amide bonds. The first-order chi connectivity index (χ1) is 4.31. The van der Waals surface area contributed by atoms with Crippen molar-refractivity contribution in [3.63, 3.8) is 0 Å². The summed E-state index contributed by atoms with van der Waals surface area (Å²) in [6.07, 6.45) is 1.15. The molecule has 0 aromatic carbocycles. The summed E-state index contributed by atoms with van der Waals surface area (Å²) < 4.78 is 0. The molecule has 0 bridgehead atoms. The molecule has 54 valence electrons. The molecular formula is C6H14N2S. The third-order valence-electron chi connectivity index (χ3n) is 1.12. The van der Waals surface area contributed by atoms with Gasteiger partial charge in [-0.05, 0) is 20.0 Å². The second kappa shape index (κ2) is 5.98.